The quantitative estimate of drug-likeness (QED) is 0.433. The molecule has 0 aliphatic carbocycles. The standard InChI is InChI=1S/C23H21FN4O3/c1-23(2,30)14-26-19-11-21(31-18-5-3-4-17(24)10-18)27-28-20(12-25-22(19)28)16-8-6-15(13-29)7-9-16/h3-13,26,30H,14H2,1-2H3. The summed E-state index contributed by atoms with van der Waals surface area (Å²) >= 11 is 0. The summed E-state index contributed by atoms with van der Waals surface area (Å²) in [5.41, 5.74) is 2.23. The van der Waals surface area contributed by atoms with Gasteiger partial charge in [-0.15, -0.1) is 5.10 Å². The maximum atomic E-state index is 13.6. The van der Waals surface area contributed by atoms with E-state index in [0.717, 1.165) is 11.8 Å². The summed E-state index contributed by atoms with van der Waals surface area (Å²) in [5, 5.41) is 17.8. The third-order valence-electron chi connectivity index (χ3n) is 4.52. The molecule has 0 spiro atoms. The van der Waals surface area contributed by atoms with Crippen molar-refractivity contribution in [3.05, 3.63) is 72.2 Å². The lowest BCUT2D eigenvalue weighted by Crippen LogP contribution is -2.29. The lowest BCUT2D eigenvalue weighted by Gasteiger charge is -2.19. The minimum Gasteiger partial charge on any atom is -0.437 e. The topological polar surface area (TPSA) is 88.7 Å². The second kappa shape index (κ2) is 8.16. The second-order valence-corrected chi connectivity index (χ2v) is 7.74. The molecule has 2 aromatic carbocycles. The third kappa shape index (κ3) is 4.70. The number of aldehydes is 1. The molecule has 0 fully saturated rings. The number of imidazole rings is 1. The van der Waals surface area contributed by atoms with Crippen LogP contribution in [0.1, 0.15) is 24.2 Å². The maximum Gasteiger partial charge on any atom is 0.239 e. The van der Waals surface area contributed by atoms with E-state index in [1.54, 1.807) is 67.0 Å². The summed E-state index contributed by atoms with van der Waals surface area (Å²) in [6.07, 6.45) is 2.44. The van der Waals surface area contributed by atoms with Crippen LogP contribution in [0.2, 0.25) is 0 Å². The van der Waals surface area contributed by atoms with E-state index in [1.165, 1.54) is 12.1 Å². The van der Waals surface area contributed by atoms with Crippen LogP contribution in [0.4, 0.5) is 10.1 Å². The fraction of sp³-hybridized carbons (Fsp3) is 0.174. The van der Waals surface area contributed by atoms with Gasteiger partial charge in [0.25, 0.3) is 0 Å². The first kappa shape index (κ1) is 20.5. The Kier molecular flexibility index (Phi) is 5.39. The Hall–Kier alpha value is -3.78. The zero-order valence-corrected chi connectivity index (χ0v) is 17.0. The number of aromatic nitrogens is 3. The van der Waals surface area contributed by atoms with Gasteiger partial charge in [0.1, 0.15) is 17.9 Å². The van der Waals surface area contributed by atoms with Crippen molar-refractivity contribution in [2.75, 3.05) is 11.9 Å². The van der Waals surface area contributed by atoms with Gasteiger partial charge in [-0.25, -0.2) is 13.9 Å². The highest BCUT2D eigenvalue weighted by Crippen LogP contribution is 2.29. The molecule has 0 bridgehead atoms. The number of carbonyl (C=O) groups is 1. The molecule has 0 radical (unpaired) electrons. The molecule has 8 heteroatoms. The van der Waals surface area contributed by atoms with Crippen molar-refractivity contribution < 1.29 is 19.0 Å². The van der Waals surface area contributed by atoms with Crippen LogP contribution >= 0.6 is 0 Å². The molecule has 2 N–H and O–H groups in total. The van der Waals surface area contributed by atoms with E-state index in [2.05, 4.69) is 15.4 Å². The number of ether oxygens (including phenoxy) is 1. The zero-order valence-electron chi connectivity index (χ0n) is 17.0. The summed E-state index contributed by atoms with van der Waals surface area (Å²) in [4.78, 5) is 15.4. The first-order valence-corrected chi connectivity index (χ1v) is 9.66. The molecule has 0 aliphatic rings. The minimum atomic E-state index is -0.954. The van der Waals surface area contributed by atoms with E-state index in [1.807, 2.05) is 0 Å². The van der Waals surface area contributed by atoms with Gasteiger partial charge < -0.3 is 15.2 Å². The largest absolute Gasteiger partial charge is 0.437 e. The van der Waals surface area contributed by atoms with E-state index >= 15 is 0 Å². The summed E-state index contributed by atoms with van der Waals surface area (Å²) in [6.45, 7) is 3.64. The maximum absolute atomic E-state index is 13.6. The summed E-state index contributed by atoms with van der Waals surface area (Å²) in [6, 6.07) is 14.5. The molecule has 31 heavy (non-hydrogen) atoms. The molecule has 0 amide bonds. The van der Waals surface area contributed by atoms with Crippen molar-refractivity contribution in [2.45, 2.75) is 19.4 Å². The van der Waals surface area contributed by atoms with Crippen molar-refractivity contribution in [3.8, 4) is 22.9 Å². The van der Waals surface area contributed by atoms with Crippen LogP contribution in [0.5, 0.6) is 11.6 Å². The van der Waals surface area contributed by atoms with Gasteiger partial charge in [0.05, 0.1) is 23.2 Å². The van der Waals surface area contributed by atoms with Crippen LogP contribution in [-0.4, -0.2) is 38.1 Å². The Morgan fingerprint density at radius 1 is 1.19 bits per heavy atom. The van der Waals surface area contributed by atoms with Crippen LogP contribution in [-0.2, 0) is 0 Å². The van der Waals surface area contributed by atoms with E-state index in [-0.39, 0.29) is 12.4 Å². The molecular weight excluding hydrogens is 399 g/mol. The van der Waals surface area contributed by atoms with Gasteiger partial charge in [-0.05, 0) is 26.0 Å². The Labute approximate surface area is 178 Å². The van der Waals surface area contributed by atoms with E-state index in [9.17, 15) is 14.3 Å². The summed E-state index contributed by atoms with van der Waals surface area (Å²) in [7, 11) is 0. The fourth-order valence-corrected chi connectivity index (χ4v) is 3.02. The predicted octanol–water partition coefficient (Wildman–Crippen LogP) is 4.32. The number of nitrogens with zero attached hydrogens (tertiary/aromatic N) is 3. The highest BCUT2D eigenvalue weighted by atomic mass is 19.1. The number of hydrogen-bond donors (Lipinski definition) is 2. The van der Waals surface area contributed by atoms with Crippen LogP contribution in [0, 0.1) is 5.82 Å². The molecule has 158 valence electrons. The SMILES string of the molecule is CC(C)(O)CNc1cc(Oc2cccc(F)c2)nn2c(-c3ccc(C=O)cc3)cnc12. The van der Waals surface area contributed by atoms with Crippen LogP contribution in [0.15, 0.2) is 60.8 Å². The number of carbonyl (C=O) groups excluding carboxylic acids is 1. The number of rotatable bonds is 7. The Morgan fingerprint density at radius 3 is 2.65 bits per heavy atom. The number of anilines is 1. The van der Waals surface area contributed by atoms with Gasteiger partial charge in [0, 0.05) is 29.8 Å². The average molecular weight is 420 g/mol. The molecule has 0 saturated heterocycles. The average Bonchev–Trinajstić information content (AvgIpc) is 3.15. The summed E-state index contributed by atoms with van der Waals surface area (Å²) in [5.74, 6) is 0.106. The van der Waals surface area contributed by atoms with Gasteiger partial charge >= 0.3 is 0 Å². The minimum absolute atomic E-state index is 0.222. The third-order valence-corrected chi connectivity index (χ3v) is 4.52. The predicted molar refractivity (Wildman–Crippen MR) is 115 cm³/mol. The molecule has 0 saturated carbocycles. The van der Waals surface area contributed by atoms with Crippen molar-refractivity contribution in [3.63, 3.8) is 0 Å². The zero-order chi connectivity index (χ0) is 22.0. The number of aliphatic hydroxyl groups is 1. The first-order valence-electron chi connectivity index (χ1n) is 9.66. The van der Waals surface area contributed by atoms with Crippen molar-refractivity contribution in [2.24, 2.45) is 0 Å². The number of benzene rings is 2. The molecule has 4 aromatic rings. The molecular formula is C23H21FN4O3. The normalized spacial score (nSPS) is 11.5. The Balaban J connectivity index is 1.80. The van der Waals surface area contributed by atoms with E-state index in [4.69, 9.17) is 4.74 Å². The highest BCUT2D eigenvalue weighted by molar-refractivity contribution is 5.78. The fourth-order valence-electron chi connectivity index (χ4n) is 3.02. The molecule has 2 heterocycles. The van der Waals surface area contributed by atoms with Crippen molar-refractivity contribution in [1.29, 1.82) is 0 Å². The van der Waals surface area contributed by atoms with Gasteiger partial charge in [0.2, 0.25) is 5.88 Å². The lowest BCUT2D eigenvalue weighted by atomic mass is 10.1. The number of hydrogen-bond acceptors (Lipinski definition) is 6. The summed E-state index contributed by atoms with van der Waals surface area (Å²) < 4.78 is 21.0. The first-order chi connectivity index (χ1) is 14.8. The molecule has 2 aromatic heterocycles. The van der Waals surface area contributed by atoms with Crippen molar-refractivity contribution >= 4 is 17.6 Å². The van der Waals surface area contributed by atoms with Crippen LogP contribution in [0.3, 0.4) is 0 Å². The van der Waals surface area contributed by atoms with Gasteiger partial charge in [0.15, 0.2) is 5.65 Å². The van der Waals surface area contributed by atoms with Crippen LogP contribution < -0.4 is 10.1 Å². The van der Waals surface area contributed by atoms with Crippen LogP contribution in [0.25, 0.3) is 16.9 Å². The number of nitrogens with one attached hydrogen (secondary N) is 1. The Morgan fingerprint density at radius 2 is 1.97 bits per heavy atom. The van der Waals surface area contributed by atoms with E-state index in [0.29, 0.717) is 28.3 Å². The smallest absolute Gasteiger partial charge is 0.239 e. The van der Waals surface area contributed by atoms with Gasteiger partial charge in [-0.3, -0.25) is 4.79 Å². The van der Waals surface area contributed by atoms with Gasteiger partial charge in [-0.1, -0.05) is 30.3 Å². The molecule has 0 aliphatic heterocycles. The van der Waals surface area contributed by atoms with Gasteiger partial charge in [-0.2, -0.15) is 0 Å². The van der Waals surface area contributed by atoms with Crippen molar-refractivity contribution in [1.82, 2.24) is 14.6 Å². The number of halogens is 1. The Bertz CT molecular complexity index is 1230. The molecule has 0 unspecified atom stereocenters. The second-order valence-electron chi connectivity index (χ2n) is 7.74. The number of fused-ring (bicyclic) bond motifs is 1. The highest BCUT2D eigenvalue weighted by Gasteiger charge is 2.17. The molecule has 0 atom stereocenters. The monoisotopic (exact) mass is 420 g/mol. The molecule has 4 rings (SSSR count). The van der Waals surface area contributed by atoms with E-state index < -0.39 is 11.4 Å². The lowest BCUT2D eigenvalue weighted by molar-refractivity contribution is 0.0945. The molecule has 7 nitrogen and oxygen atoms in total.